The molecule has 0 aliphatic carbocycles. The topological polar surface area (TPSA) is 59.8 Å². The molecule has 4 rings (SSSR count). The first-order chi connectivity index (χ1) is 13.6. The molecule has 7 heteroatoms. The summed E-state index contributed by atoms with van der Waals surface area (Å²) in [7, 11) is 1.86. The van der Waals surface area contributed by atoms with E-state index in [2.05, 4.69) is 28.9 Å². The molecule has 0 radical (unpaired) electrons. The number of benzene rings is 1. The van der Waals surface area contributed by atoms with Gasteiger partial charge < -0.3 is 23.8 Å². The molecule has 2 aromatic rings. The number of aryl methyl sites for hydroxylation is 1. The van der Waals surface area contributed by atoms with E-state index in [1.54, 1.807) is 17.1 Å². The van der Waals surface area contributed by atoms with Crippen molar-refractivity contribution in [1.29, 1.82) is 0 Å². The van der Waals surface area contributed by atoms with Crippen molar-refractivity contribution in [2.75, 3.05) is 39.5 Å². The Balaban J connectivity index is 1.29. The minimum atomic E-state index is 0.0789. The molecule has 1 aromatic heterocycles. The molecule has 0 bridgehead atoms. The summed E-state index contributed by atoms with van der Waals surface area (Å²) in [6, 6.07) is 6.22. The van der Waals surface area contributed by atoms with Crippen LogP contribution in [0.2, 0.25) is 0 Å². The van der Waals surface area contributed by atoms with Gasteiger partial charge in [0.2, 0.25) is 6.79 Å². The van der Waals surface area contributed by atoms with E-state index in [-0.39, 0.29) is 5.91 Å². The van der Waals surface area contributed by atoms with Crippen LogP contribution in [0.4, 0.5) is 0 Å². The highest BCUT2D eigenvalue weighted by Crippen LogP contribution is 2.33. The highest BCUT2D eigenvalue weighted by Gasteiger charge is 2.23. The Kier molecular flexibility index (Phi) is 5.52. The van der Waals surface area contributed by atoms with Crippen LogP contribution < -0.4 is 9.47 Å². The summed E-state index contributed by atoms with van der Waals surface area (Å²) in [5.74, 6) is 2.29. The zero-order valence-corrected chi connectivity index (χ0v) is 16.6. The predicted octanol–water partition coefficient (Wildman–Crippen LogP) is 2.18. The number of rotatable bonds is 5. The molecular formula is C21H28N4O3. The van der Waals surface area contributed by atoms with Crippen molar-refractivity contribution in [3.63, 3.8) is 0 Å². The largest absolute Gasteiger partial charge is 0.454 e. The standard InChI is InChI=1S/C21H28N4O3/c1-16(10-17-4-5-19-20(11-17)28-15-27-19)13-24-6-3-7-25(9-8-24)21(26)18-12-22-14-23(18)2/h4-5,11-12,14,16H,3,6-10,13,15H2,1-2H3. The van der Waals surface area contributed by atoms with Crippen LogP contribution in [0.25, 0.3) is 0 Å². The maximum Gasteiger partial charge on any atom is 0.272 e. The molecule has 150 valence electrons. The van der Waals surface area contributed by atoms with Crippen molar-refractivity contribution < 1.29 is 14.3 Å². The molecule has 1 fully saturated rings. The summed E-state index contributed by atoms with van der Waals surface area (Å²) in [4.78, 5) is 21.2. The fraction of sp³-hybridized carbons (Fsp3) is 0.524. The molecular weight excluding hydrogens is 356 g/mol. The van der Waals surface area contributed by atoms with Gasteiger partial charge in [-0.2, -0.15) is 0 Å². The molecule has 2 aliphatic heterocycles. The van der Waals surface area contributed by atoms with Gasteiger partial charge >= 0.3 is 0 Å². The van der Waals surface area contributed by atoms with Crippen molar-refractivity contribution in [3.8, 4) is 11.5 Å². The van der Waals surface area contributed by atoms with E-state index in [1.807, 2.05) is 18.0 Å². The van der Waals surface area contributed by atoms with E-state index in [0.29, 0.717) is 18.4 Å². The fourth-order valence-corrected chi connectivity index (χ4v) is 4.06. The third kappa shape index (κ3) is 4.14. The van der Waals surface area contributed by atoms with Gasteiger partial charge in [0.1, 0.15) is 5.69 Å². The Hall–Kier alpha value is -2.54. The molecule has 0 spiro atoms. The summed E-state index contributed by atoms with van der Waals surface area (Å²) in [6.45, 7) is 7.14. The molecule has 7 nitrogen and oxygen atoms in total. The van der Waals surface area contributed by atoms with Crippen LogP contribution in [-0.4, -0.2) is 64.8 Å². The van der Waals surface area contributed by atoms with Crippen molar-refractivity contribution in [2.45, 2.75) is 19.8 Å². The second-order valence-electron chi connectivity index (χ2n) is 7.83. The Morgan fingerprint density at radius 3 is 2.86 bits per heavy atom. The van der Waals surface area contributed by atoms with Crippen LogP contribution in [0.1, 0.15) is 29.4 Å². The van der Waals surface area contributed by atoms with E-state index in [1.165, 1.54) is 5.56 Å². The lowest BCUT2D eigenvalue weighted by Crippen LogP contribution is -2.37. The zero-order chi connectivity index (χ0) is 19.5. The number of fused-ring (bicyclic) bond motifs is 1. The minimum Gasteiger partial charge on any atom is -0.454 e. The molecule has 1 aromatic carbocycles. The van der Waals surface area contributed by atoms with E-state index in [0.717, 1.165) is 57.1 Å². The summed E-state index contributed by atoms with van der Waals surface area (Å²) in [5, 5.41) is 0. The average molecular weight is 384 g/mol. The number of aromatic nitrogens is 2. The molecule has 28 heavy (non-hydrogen) atoms. The van der Waals surface area contributed by atoms with Crippen molar-refractivity contribution in [1.82, 2.24) is 19.4 Å². The van der Waals surface area contributed by atoms with Crippen LogP contribution in [0, 0.1) is 5.92 Å². The van der Waals surface area contributed by atoms with Gasteiger partial charge in [-0.15, -0.1) is 0 Å². The number of imidazole rings is 1. The third-order valence-electron chi connectivity index (χ3n) is 5.50. The Labute approximate surface area is 165 Å². The average Bonchev–Trinajstić information content (AvgIpc) is 3.25. The number of hydrogen-bond donors (Lipinski definition) is 0. The predicted molar refractivity (Wildman–Crippen MR) is 106 cm³/mol. The maximum atomic E-state index is 12.7. The van der Waals surface area contributed by atoms with Crippen molar-refractivity contribution in [3.05, 3.63) is 42.0 Å². The summed E-state index contributed by atoms with van der Waals surface area (Å²) >= 11 is 0. The Morgan fingerprint density at radius 1 is 1.18 bits per heavy atom. The number of hydrogen-bond acceptors (Lipinski definition) is 5. The number of ether oxygens (including phenoxy) is 2. The van der Waals surface area contributed by atoms with Crippen LogP contribution in [0.15, 0.2) is 30.7 Å². The van der Waals surface area contributed by atoms with Gasteiger partial charge in [-0.1, -0.05) is 13.0 Å². The van der Waals surface area contributed by atoms with E-state index in [9.17, 15) is 4.79 Å². The van der Waals surface area contributed by atoms with E-state index < -0.39 is 0 Å². The second-order valence-corrected chi connectivity index (χ2v) is 7.83. The van der Waals surface area contributed by atoms with Gasteiger partial charge in [-0.25, -0.2) is 4.98 Å². The first-order valence-electron chi connectivity index (χ1n) is 9.96. The van der Waals surface area contributed by atoms with E-state index >= 15 is 0 Å². The molecule has 2 aliphatic rings. The fourth-order valence-electron chi connectivity index (χ4n) is 4.06. The lowest BCUT2D eigenvalue weighted by atomic mass is 10.00. The van der Waals surface area contributed by atoms with Gasteiger partial charge in [0.15, 0.2) is 11.5 Å². The number of nitrogens with zero attached hydrogens (tertiary/aromatic N) is 4. The van der Waals surface area contributed by atoms with Gasteiger partial charge in [0, 0.05) is 33.2 Å². The Bertz CT molecular complexity index is 835. The summed E-state index contributed by atoms with van der Waals surface area (Å²) in [5.41, 5.74) is 1.93. The molecule has 0 N–H and O–H groups in total. The van der Waals surface area contributed by atoms with Gasteiger partial charge in [0.25, 0.3) is 5.91 Å². The van der Waals surface area contributed by atoms with Crippen LogP contribution in [0.3, 0.4) is 0 Å². The smallest absolute Gasteiger partial charge is 0.272 e. The summed E-state index contributed by atoms with van der Waals surface area (Å²) < 4.78 is 12.7. The quantitative estimate of drug-likeness (QED) is 0.791. The molecule has 3 heterocycles. The number of carbonyl (C=O) groups is 1. The van der Waals surface area contributed by atoms with Crippen LogP contribution >= 0.6 is 0 Å². The Morgan fingerprint density at radius 2 is 2.04 bits per heavy atom. The van der Waals surface area contributed by atoms with Crippen molar-refractivity contribution in [2.24, 2.45) is 13.0 Å². The molecule has 0 saturated carbocycles. The lowest BCUT2D eigenvalue weighted by Gasteiger charge is -2.24. The first kappa shape index (κ1) is 18.8. The van der Waals surface area contributed by atoms with Gasteiger partial charge in [0.05, 0.1) is 12.5 Å². The highest BCUT2D eigenvalue weighted by molar-refractivity contribution is 5.92. The minimum absolute atomic E-state index is 0.0789. The maximum absolute atomic E-state index is 12.7. The third-order valence-corrected chi connectivity index (χ3v) is 5.50. The van der Waals surface area contributed by atoms with Crippen LogP contribution in [-0.2, 0) is 13.5 Å². The normalized spacial score (nSPS) is 18.1. The van der Waals surface area contributed by atoms with Crippen LogP contribution in [0.5, 0.6) is 11.5 Å². The monoisotopic (exact) mass is 384 g/mol. The van der Waals surface area contributed by atoms with Gasteiger partial charge in [-0.05, 0) is 43.0 Å². The van der Waals surface area contributed by atoms with E-state index in [4.69, 9.17) is 9.47 Å². The zero-order valence-electron chi connectivity index (χ0n) is 16.6. The highest BCUT2D eigenvalue weighted by atomic mass is 16.7. The summed E-state index contributed by atoms with van der Waals surface area (Å²) in [6.07, 6.45) is 5.33. The number of amides is 1. The lowest BCUT2D eigenvalue weighted by molar-refractivity contribution is 0.0751. The van der Waals surface area contributed by atoms with Gasteiger partial charge in [-0.3, -0.25) is 4.79 Å². The molecule has 1 unspecified atom stereocenters. The SMILES string of the molecule is CC(Cc1ccc2c(c1)OCO2)CN1CCCN(C(=O)c2cncn2C)CC1. The second kappa shape index (κ2) is 8.22. The first-order valence-corrected chi connectivity index (χ1v) is 9.96. The number of carbonyl (C=O) groups excluding carboxylic acids is 1. The molecule has 1 amide bonds. The molecule has 1 saturated heterocycles. The molecule has 1 atom stereocenters. The van der Waals surface area contributed by atoms with Crippen molar-refractivity contribution >= 4 is 5.91 Å².